The van der Waals surface area contributed by atoms with E-state index in [1.165, 1.54) is 23.9 Å². The Bertz CT molecular complexity index is 726. The number of thioether (sulfide) groups is 1. The fourth-order valence-corrected chi connectivity index (χ4v) is 3.90. The molecule has 132 valence electrons. The van der Waals surface area contributed by atoms with Crippen LogP contribution in [0.2, 0.25) is 0 Å². The Hall–Kier alpha value is -2.01. The molecule has 3 nitrogen and oxygen atoms in total. The summed E-state index contributed by atoms with van der Waals surface area (Å²) in [6, 6.07) is 14.1. The molecule has 1 aliphatic carbocycles. The van der Waals surface area contributed by atoms with Gasteiger partial charge in [0.1, 0.15) is 11.6 Å². The molecule has 0 aromatic heterocycles. The highest BCUT2D eigenvalue weighted by atomic mass is 32.2. The Labute approximate surface area is 152 Å². The number of benzene rings is 2. The topological polar surface area (TPSA) is 38.3 Å². The third kappa shape index (κ3) is 3.98. The molecule has 1 aliphatic rings. The Kier molecular flexibility index (Phi) is 5.33. The molecular weight excluding hydrogens is 337 g/mol. The first-order valence-corrected chi connectivity index (χ1v) is 9.29. The van der Waals surface area contributed by atoms with Gasteiger partial charge < -0.3 is 10.1 Å². The number of methoxy groups -OCH3 is 1. The van der Waals surface area contributed by atoms with Crippen LogP contribution in [-0.4, -0.2) is 18.3 Å². The molecular formula is C20H22FNO2S. The van der Waals surface area contributed by atoms with Crippen molar-refractivity contribution in [2.75, 3.05) is 7.11 Å². The van der Waals surface area contributed by atoms with E-state index in [1.54, 1.807) is 19.2 Å². The first-order valence-electron chi connectivity index (χ1n) is 8.41. The summed E-state index contributed by atoms with van der Waals surface area (Å²) in [7, 11) is 1.63. The van der Waals surface area contributed by atoms with Crippen molar-refractivity contribution in [3.05, 3.63) is 59.9 Å². The minimum Gasteiger partial charge on any atom is -0.497 e. The monoisotopic (exact) mass is 359 g/mol. The zero-order chi connectivity index (χ0) is 17.9. The summed E-state index contributed by atoms with van der Waals surface area (Å²) in [5.41, 5.74) is 0.634. The number of hydrogen-bond donors (Lipinski definition) is 1. The largest absolute Gasteiger partial charge is 0.497 e. The summed E-state index contributed by atoms with van der Waals surface area (Å²) in [5.74, 6) is 0.545. The number of hydrogen-bond acceptors (Lipinski definition) is 3. The molecule has 5 heteroatoms. The van der Waals surface area contributed by atoms with E-state index in [0.717, 1.165) is 35.5 Å². The van der Waals surface area contributed by atoms with Gasteiger partial charge in [-0.05, 0) is 68.1 Å². The summed E-state index contributed by atoms with van der Waals surface area (Å²) in [6.45, 7) is 1.90. The van der Waals surface area contributed by atoms with Crippen LogP contribution in [0.1, 0.15) is 31.7 Å². The number of amides is 1. The Morgan fingerprint density at radius 2 is 1.80 bits per heavy atom. The molecule has 3 rings (SSSR count). The van der Waals surface area contributed by atoms with Crippen LogP contribution in [0.25, 0.3) is 0 Å². The quantitative estimate of drug-likeness (QED) is 0.771. The molecule has 0 heterocycles. The summed E-state index contributed by atoms with van der Waals surface area (Å²) < 4.78 is 18.3. The van der Waals surface area contributed by atoms with Gasteiger partial charge in [-0.3, -0.25) is 4.79 Å². The second-order valence-electron chi connectivity index (χ2n) is 6.37. The lowest BCUT2D eigenvalue weighted by Gasteiger charge is -2.43. The van der Waals surface area contributed by atoms with Crippen molar-refractivity contribution in [2.45, 2.75) is 41.9 Å². The highest BCUT2D eigenvalue weighted by molar-refractivity contribution is 8.00. The van der Waals surface area contributed by atoms with Crippen molar-refractivity contribution in [3.63, 3.8) is 0 Å². The van der Waals surface area contributed by atoms with Crippen molar-refractivity contribution < 1.29 is 13.9 Å². The fraction of sp³-hybridized carbons (Fsp3) is 0.350. The molecule has 0 aliphatic heterocycles. The van der Waals surface area contributed by atoms with Crippen molar-refractivity contribution in [2.24, 2.45) is 0 Å². The van der Waals surface area contributed by atoms with E-state index in [4.69, 9.17) is 4.74 Å². The van der Waals surface area contributed by atoms with Gasteiger partial charge in [-0.1, -0.05) is 12.1 Å². The zero-order valence-corrected chi connectivity index (χ0v) is 15.2. The summed E-state index contributed by atoms with van der Waals surface area (Å²) >= 11 is 1.52. The second kappa shape index (κ2) is 7.48. The molecule has 1 fully saturated rings. The van der Waals surface area contributed by atoms with Crippen molar-refractivity contribution in [1.29, 1.82) is 0 Å². The smallest absolute Gasteiger partial charge is 0.233 e. The lowest BCUT2D eigenvalue weighted by atomic mass is 9.71. The fourth-order valence-electron chi connectivity index (χ4n) is 3.03. The van der Waals surface area contributed by atoms with E-state index in [2.05, 4.69) is 5.32 Å². The highest BCUT2D eigenvalue weighted by Crippen LogP contribution is 2.41. The molecule has 0 saturated heterocycles. The highest BCUT2D eigenvalue weighted by Gasteiger charge is 2.40. The average molecular weight is 359 g/mol. The molecule has 0 bridgehead atoms. The third-order valence-electron chi connectivity index (χ3n) is 4.71. The lowest BCUT2D eigenvalue weighted by Crippen LogP contribution is -2.52. The van der Waals surface area contributed by atoms with Crippen LogP contribution in [0.3, 0.4) is 0 Å². The molecule has 1 atom stereocenters. The Morgan fingerprint density at radius 3 is 2.32 bits per heavy atom. The first-order chi connectivity index (χ1) is 12.0. The minimum absolute atomic E-state index is 0.00448. The van der Waals surface area contributed by atoms with Gasteiger partial charge in [0.15, 0.2) is 0 Å². The zero-order valence-electron chi connectivity index (χ0n) is 14.4. The van der Waals surface area contributed by atoms with E-state index in [-0.39, 0.29) is 22.5 Å². The van der Waals surface area contributed by atoms with E-state index in [1.807, 2.05) is 31.2 Å². The van der Waals surface area contributed by atoms with Gasteiger partial charge in [-0.25, -0.2) is 4.39 Å². The van der Waals surface area contributed by atoms with Crippen LogP contribution in [0.4, 0.5) is 4.39 Å². The SMILES string of the molecule is COc1ccc(SC(C)C(=O)NC2(c3ccc(F)cc3)CCC2)cc1. The number of halogens is 1. The summed E-state index contributed by atoms with van der Waals surface area (Å²) in [4.78, 5) is 13.7. The van der Waals surface area contributed by atoms with Crippen molar-refractivity contribution in [3.8, 4) is 5.75 Å². The first kappa shape index (κ1) is 17.8. The van der Waals surface area contributed by atoms with Gasteiger partial charge >= 0.3 is 0 Å². The molecule has 1 unspecified atom stereocenters. The maximum Gasteiger partial charge on any atom is 0.233 e. The normalized spacial score (nSPS) is 16.6. The van der Waals surface area contributed by atoms with Gasteiger partial charge in [0, 0.05) is 4.90 Å². The predicted molar refractivity (Wildman–Crippen MR) is 98.4 cm³/mol. The molecule has 25 heavy (non-hydrogen) atoms. The van der Waals surface area contributed by atoms with E-state index < -0.39 is 0 Å². The Morgan fingerprint density at radius 1 is 1.16 bits per heavy atom. The van der Waals surface area contributed by atoms with Crippen molar-refractivity contribution >= 4 is 17.7 Å². The Balaban J connectivity index is 1.66. The number of nitrogens with one attached hydrogen (secondary N) is 1. The minimum atomic E-state index is -0.348. The van der Waals surface area contributed by atoms with Crippen LogP contribution in [0, 0.1) is 5.82 Å². The molecule has 1 N–H and O–H groups in total. The predicted octanol–water partition coefficient (Wildman–Crippen LogP) is 4.51. The second-order valence-corrected chi connectivity index (χ2v) is 7.78. The van der Waals surface area contributed by atoms with Crippen LogP contribution >= 0.6 is 11.8 Å². The van der Waals surface area contributed by atoms with Crippen molar-refractivity contribution in [1.82, 2.24) is 5.32 Å². The molecule has 1 amide bonds. The number of ether oxygens (including phenoxy) is 1. The third-order valence-corrected chi connectivity index (χ3v) is 5.82. The lowest BCUT2D eigenvalue weighted by molar-refractivity contribution is -0.123. The summed E-state index contributed by atoms with van der Waals surface area (Å²) in [5, 5.41) is 2.98. The number of carbonyl (C=O) groups excluding carboxylic acids is 1. The standard InChI is InChI=1S/C20H22FNO2S/c1-14(25-18-10-8-17(24-2)9-11-18)19(23)22-20(12-3-13-20)15-4-6-16(21)7-5-15/h4-11,14H,3,12-13H2,1-2H3,(H,22,23). The molecule has 0 radical (unpaired) electrons. The molecule has 2 aromatic carbocycles. The average Bonchev–Trinajstić information content (AvgIpc) is 2.59. The van der Waals surface area contributed by atoms with Crippen LogP contribution in [-0.2, 0) is 10.3 Å². The maximum absolute atomic E-state index is 13.2. The van der Waals surface area contributed by atoms with Gasteiger partial charge in [0.05, 0.1) is 17.9 Å². The van der Waals surface area contributed by atoms with E-state index >= 15 is 0 Å². The molecule has 2 aromatic rings. The molecule has 1 saturated carbocycles. The van der Waals surface area contributed by atoms with Gasteiger partial charge in [0.2, 0.25) is 5.91 Å². The van der Waals surface area contributed by atoms with Crippen LogP contribution in [0.5, 0.6) is 5.75 Å². The van der Waals surface area contributed by atoms with E-state index in [9.17, 15) is 9.18 Å². The van der Waals surface area contributed by atoms with Crippen LogP contribution < -0.4 is 10.1 Å². The van der Waals surface area contributed by atoms with Gasteiger partial charge in [-0.15, -0.1) is 11.8 Å². The number of rotatable bonds is 6. The summed E-state index contributed by atoms with van der Waals surface area (Å²) in [6.07, 6.45) is 2.85. The van der Waals surface area contributed by atoms with Crippen LogP contribution in [0.15, 0.2) is 53.4 Å². The maximum atomic E-state index is 13.2. The molecule has 0 spiro atoms. The number of carbonyl (C=O) groups is 1. The van der Waals surface area contributed by atoms with Gasteiger partial charge in [-0.2, -0.15) is 0 Å². The van der Waals surface area contributed by atoms with Gasteiger partial charge in [0.25, 0.3) is 0 Å². The van der Waals surface area contributed by atoms with E-state index in [0.29, 0.717) is 0 Å².